The van der Waals surface area contributed by atoms with Crippen molar-refractivity contribution in [3.63, 3.8) is 0 Å². The average Bonchev–Trinajstić information content (AvgIpc) is 2.51. The molecule has 1 amide bonds. The molecule has 2 rings (SSSR count). The maximum absolute atomic E-state index is 12.1. The second-order valence-electron chi connectivity index (χ2n) is 5.51. The molecule has 0 aliphatic carbocycles. The van der Waals surface area contributed by atoms with E-state index in [1.54, 1.807) is 0 Å². The summed E-state index contributed by atoms with van der Waals surface area (Å²) in [6.45, 7) is 5.18. The third-order valence-electron chi connectivity index (χ3n) is 3.64. The molecule has 0 aliphatic heterocycles. The summed E-state index contributed by atoms with van der Waals surface area (Å²) >= 11 is 0. The summed E-state index contributed by atoms with van der Waals surface area (Å²) < 4.78 is 0. The molecule has 3 nitrogen and oxygen atoms in total. The lowest BCUT2D eigenvalue weighted by molar-refractivity contribution is -0.115. The van der Waals surface area contributed by atoms with Crippen LogP contribution in [0.4, 0.5) is 11.4 Å². The molecule has 2 aromatic rings. The Morgan fingerprint density at radius 2 is 1.68 bits per heavy atom. The van der Waals surface area contributed by atoms with E-state index in [4.69, 9.17) is 0 Å². The van der Waals surface area contributed by atoms with Gasteiger partial charge in [0.25, 0.3) is 0 Å². The molecule has 0 atom stereocenters. The van der Waals surface area contributed by atoms with Crippen LogP contribution in [-0.2, 0) is 11.2 Å². The van der Waals surface area contributed by atoms with Gasteiger partial charge in [-0.1, -0.05) is 37.6 Å². The first kappa shape index (κ1) is 16.1. The number of unbranched alkanes of at least 4 members (excludes halogenated alkanes) is 1. The number of benzene rings is 2. The summed E-state index contributed by atoms with van der Waals surface area (Å²) in [6, 6.07) is 15.8. The van der Waals surface area contributed by atoms with Crippen molar-refractivity contribution >= 4 is 17.3 Å². The van der Waals surface area contributed by atoms with Gasteiger partial charge in [0, 0.05) is 17.9 Å². The fourth-order valence-corrected chi connectivity index (χ4v) is 2.27. The Bertz CT molecular complexity index is 605. The molecule has 0 fully saturated rings. The van der Waals surface area contributed by atoms with Crippen molar-refractivity contribution in [1.82, 2.24) is 0 Å². The number of hydrogen-bond donors (Lipinski definition) is 2. The van der Waals surface area contributed by atoms with Crippen LogP contribution in [0.2, 0.25) is 0 Å². The van der Waals surface area contributed by atoms with E-state index in [1.807, 2.05) is 55.5 Å². The Kier molecular flexibility index (Phi) is 6.01. The van der Waals surface area contributed by atoms with Crippen molar-refractivity contribution < 1.29 is 4.79 Å². The van der Waals surface area contributed by atoms with E-state index < -0.39 is 0 Å². The molecule has 0 radical (unpaired) electrons. The molecule has 0 bridgehead atoms. The highest BCUT2D eigenvalue weighted by atomic mass is 16.1. The zero-order chi connectivity index (χ0) is 15.8. The van der Waals surface area contributed by atoms with Crippen molar-refractivity contribution in [3.05, 3.63) is 59.7 Å². The molecular formula is C19H24N2O. The molecular weight excluding hydrogens is 272 g/mol. The maximum atomic E-state index is 12.1. The predicted molar refractivity (Wildman–Crippen MR) is 93.4 cm³/mol. The van der Waals surface area contributed by atoms with E-state index in [9.17, 15) is 4.79 Å². The summed E-state index contributed by atoms with van der Waals surface area (Å²) in [7, 11) is 0. The molecule has 0 spiro atoms. The SMILES string of the molecule is CCCCNc1ccc(NC(=O)Cc2ccccc2C)cc1. The first-order valence-corrected chi connectivity index (χ1v) is 7.87. The highest BCUT2D eigenvalue weighted by Gasteiger charge is 2.06. The number of amides is 1. The fourth-order valence-electron chi connectivity index (χ4n) is 2.27. The molecule has 2 N–H and O–H groups in total. The standard InChI is InChI=1S/C19H24N2O/c1-3-4-13-20-17-9-11-18(12-10-17)21-19(22)14-16-8-6-5-7-15(16)2/h5-12,20H,3-4,13-14H2,1-2H3,(H,21,22). The van der Waals surface area contributed by atoms with Crippen LogP contribution in [0.3, 0.4) is 0 Å². The highest BCUT2D eigenvalue weighted by molar-refractivity contribution is 5.92. The third kappa shape index (κ3) is 4.92. The molecule has 0 aliphatic rings. The van der Waals surface area contributed by atoms with Crippen molar-refractivity contribution in [2.75, 3.05) is 17.2 Å². The number of nitrogens with one attached hydrogen (secondary N) is 2. The van der Waals surface area contributed by atoms with Crippen LogP contribution in [-0.4, -0.2) is 12.5 Å². The normalized spacial score (nSPS) is 10.3. The Labute approximate surface area is 132 Å². The Hall–Kier alpha value is -2.29. The van der Waals surface area contributed by atoms with Gasteiger partial charge in [-0.3, -0.25) is 4.79 Å². The average molecular weight is 296 g/mol. The summed E-state index contributed by atoms with van der Waals surface area (Å²) in [4.78, 5) is 12.1. The lowest BCUT2D eigenvalue weighted by Crippen LogP contribution is -2.15. The summed E-state index contributed by atoms with van der Waals surface area (Å²) in [5.74, 6) is 0.0148. The number of carbonyl (C=O) groups excluding carboxylic acids is 1. The molecule has 0 heterocycles. The van der Waals surface area contributed by atoms with Gasteiger partial charge >= 0.3 is 0 Å². The third-order valence-corrected chi connectivity index (χ3v) is 3.64. The Balaban J connectivity index is 1.88. The highest BCUT2D eigenvalue weighted by Crippen LogP contribution is 2.15. The Morgan fingerprint density at radius 3 is 2.36 bits per heavy atom. The van der Waals surface area contributed by atoms with Crippen molar-refractivity contribution in [2.45, 2.75) is 33.1 Å². The van der Waals surface area contributed by atoms with Crippen LogP contribution in [0.5, 0.6) is 0 Å². The summed E-state index contributed by atoms with van der Waals surface area (Å²) in [5.41, 5.74) is 4.14. The minimum absolute atomic E-state index is 0.0148. The second kappa shape index (κ2) is 8.23. The number of hydrogen-bond acceptors (Lipinski definition) is 2. The molecule has 0 saturated carbocycles. The molecule has 22 heavy (non-hydrogen) atoms. The lowest BCUT2D eigenvalue weighted by atomic mass is 10.1. The van der Waals surface area contributed by atoms with Gasteiger partial charge in [-0.2, -0.15) is 0 Å². The van der Waals surface area contributed by atoms with Gasteiger partial charge in [0.2, 0.25) is 5.91 Å². The molecule has 3 heteroatoms. The van der Waals surface area contributed by atoms with Crippen LogP contribution in [0, 0.1) is 6.92 Å². The van der Waals surface area contributed by atoms with Crippen molar-refractivity contribution in [2.24, 2.45) is 0 Å². The summed E-state index contributed by atoms with van der Waals surface area (Å²) in [5, 5.41) is 6.31. The van der Waals surface area contributed by atoms with Crippen molar-refractivity contribution in [3.8, 4) is 0 Å². The van der Waals surface area contributed by atoms with E-state index in [0.29, 0.717) is 6.42 Å². The van der Waals surface area contributed by atoms with Crippen LogP contribution >= 0.6 is 0 Å². The first-order chi connectivity index (χ1) is 10.7. The molecule has 116 valence electrons. The fraction of sp³-hybridized carbons (Fsp3) is 0.316. The molecule has 2 aromatic carbocycles. The second-order valence-corrected chi connectivity index (χ2v) is 5.51. The van der Waals surface area contributed by atoms with Gasteiger partial charge in [0.05, 0.1) is 6.42 Å². The molecule has 0 unspecified atom stereocenters. The Morgan fingerprint density at radius 1 is 1.00 bits per heavy atom. The molecule has 0 aromatic heterocycles. The molecule has 0 saturated heterocycles. The van der Waals surface area contributed by atoms with Gasteiger partial charge in [-0.25, -0.2) is 0 Å². The predicted octanol–water partition coefficient (Wildman–Crippen LogP) is 4.39. The zero-order valence-corrected chi connectivity index (χ0v) is 13.4. The van der Waals surface area contributed by atoms with Crippen LogP contribution in [0.1, 0.15) is 30.9 Å². The minimum atomic E-state index is 0.0148. The number of carbonyl (C=O) groups is 1. The van der Waals surface area contributed by atoms with Gasteiger partial charge in [-0.05, 0) is 48.7 Å². The van der Waals surface area contributed by atoms with E-state index in [1.165, 1.54) is 6.42 Å². The monoisotopic (exact) mass is 296 g/mol. The van der Waals surface area contributed by atoms with E-state index >= 15 is 0 Å². The summed E-state index contributed by atoms with van der Waals surface area (Å²) in [6.07, 6.45) is 2.75. The first-order valence-electron chi connectivity index (χ1n) is 7.87. The van der Waals surface area contributed by atoms with E-state index in [2.05, 4.69) is 17.6 Å². The maximum Gasteiger partial charge on any atom is 0.228 e. The topological polar surface area (TPSA) is 41.1 Å². The largest absolute Gasteiger partial charge is 0.385 e. The minimum Gasteiger partial charge on any atom is -0.385 e. The van der Waals surface area contributed by atoms with Gasteiger partial charge < -0.3 is 10.6 Å². The van der Waals surface area contributed by atoms with Gasteiger partial charge in [-0.15, -0.1) is 0 Å². The number of anilines is 2. The quantitative estimate of drug-likeness (QED) is 0.744. The lowest BCUT2D eigenvalue weighted by Gasteiger charge is -2.09. The van der Waals surface area contributed by atoms with Crippen LogP contribution in [0.25, 0.3) is 0 Å². The van der Waals surface area contributed by atoms with E-state index in [-0.39, 0.29) is 5.91 Å². The van der Waals surface area contributed by atoms with Crippen molar-refractivity contribution in [1.29, 1.82) is 0 Å². The van der Waals surface area contributed by atoms with Gasteiger partial charge in [0.15, 0.2) is 0 Å². The van der Waals surface area contributed by atoms with Gasteiger partial charge in [0.1, 0.15) is 0 Å². The smallest absolute Gasteiger partial charge is 0.228 e. The van der Waals surface area contributed by atoms with E-state index in [0.717, 1.165) is 35.5 Å². The zero-order valence-electron chi connectivity index (χ0n) is 13.4. The van der Waals surface area contributed by atoms with Crippen LogP contribution < -0.4 is 10.6 Å². The van der Waals surface area contributed by atoms with Crippen LogP contribution in [0.15, 0.2) is 48.5 Å². The number of aryl methyl sites for hydroxylation is 1. The number of rotatable bonds is 7.